The van der Waals surface area contributed by atoms with E-state index in [0.717, 1.165) is 0 Å². The van der Waals surface area contributed by atoms with Crippen molar-refractivity contribution in [1.82, 2.24) is 14.9 Å². The predicted octanol–water partition coefficient (Wildman–Crippen LogP) is 1.01. The molecule has 0 aromatic carbocycles. The first-order chi connectivity index (χ1) is 15.0. The van der Waals surface area contributed by atoms with E-state index in [-0.39, 0.29) is 30.1 Å². The second-order valence-corrected chi connectivity index (χ2v) is 12.8. The van der Waals surface area contributed by atoms with E-state index in [2.05, 4.69) is 10.6 Å². The highest BCUT2D eigenvalue weighted by Crippen LogP contribution is 2.33. The normalized spacial score (nSPS) is 27.3. The van der Waals surface area contributed by atoms with Crippen LogP contribution in [0.1, 0.15) is 46.5 Å². The van der Waals surface area contributed by atoms with Crippen LogP contribution in [0.25, 0.3) is 0 Å². The van der Waals surface area contributed by atoms with Crippen LogP contribution in [0, 0.1) is 11.8 Å². The highest BCUT2D eigenvalue weighted by atomic mass is 32.3. The number of sulfonamides is 1. The molecule has 3 aliphatic rings. The number of piperidine rings is 1. The van der Waals surface area contributed by atoms with Crippen LogP contribution < -0.4 is 10.6 Å². The Kier molecular flexibility index (Phi) is 8.06. The van der Waals surface area contributed by atoms with Gasteiger partial charge in [0.05, 0.1) is 19.2 Å². The van der Waals surface area contributed by atoms with Gasteiger partial charge in [0.15, 0.2) is 5.78 Å². The molecule has 3 atom stereocenters. The standard InChI is InChI=1S/C21H33N3O6S2/c1-14(2)11-16(19(26)21(3)13-30-21)23-17(25)12-22-20(27)15-6-8-24(9-7-15)32(28,29)18-5-4-10-31-18/h4,10,14-16,18H,5-9,11-13H2,1-3H3,(H,22,27)(H,23,25)/t16-,18?,21+/m0/s1. The summed E-state index contributed by atoms with van der Waals surface area (Å²) in [5, 5.41) is 7.18. The van der Waals surface area contributed by atoms with Crippen molar-refractivity contribution in [2.45, 2.75) is 62.7 Å². The van der Waals surface area contributed by atoms with E-state index in [1.54, 1.807) is 6.92 Å². The van der Waals surface area contributed by atoms with Crippen LogP contribution in [-0.2, 0) is 29.1 Å². The number of ketones is 1. The Balaban J connectivity index is 1.44. The highest BCUT2D eigenvalue weighted by molar-refractivity contribution is 8.14. The lowest BCUT2D eigenvalue weighted by Crippen LogP contribution is -2.50. The molecule has 3 aliphatic heterocycles. The Bertz CT molecular complexity index is 853. The number of amides is 2. The molecule has 180 valence electrons. The number of Topliss-reactive ketones (excluding diaryl/α,β-unsaturated/α-hetero) is 1. The molecule has 0 aromatic rings. The summed E-state index contributed by atoms with van der Waals surface area (Å²) in [6.07, 6.45) is 3.70. The zero-order valence-corrected chi connectivity index (χ0v) is 20.5. The van der Waals surface area contributed by atoms with Gasteiger partial charge in [-0.1, -0.05) is 19.9 Å². The molecule has 0 aromatic heterocycles. The lowest BCUT2D eigenvalue weighted by molar-refractivity contribution is -0.132. The summed E-state index contributed by atoms with van der Waals surface area (Å²) in [6.45, 7) is 6.39. The van der Waals surface area contributed by atoms with Crippen molar-refractivity contribution in [3.05, 3.63) is 11.5 Å². The summed E-state index contributed by atoms with van der Waals surface area (Å²) in [5.74, 6) is -0.961. The fourth-order valence-corrected chi connectivity index (χ4v) is 7.12. The maximum Gasteiger partial charge on any atom is 0.239 e. The fourth-order valence-electron chi connectivity index (χ4n) is 3.98. The van der Waals surface area contributed by atoms with Gasteiger partial charge in [0.25, 0.3) is 0 Å². The first kappa shape index (κ1) is 25.2. The summed E-state index contributed by atoms with van der Waals surface area (Å²) >= 11 is 1.31. The van der Waals surface area contributed by atoms with Crippen molar-refractivity contribution in [3.8, 4) is 0 Å². The number of nitrogens with zero attached hydrogens (tertiary/aromatic N) is 1. The Morgan fingerprint density at radius 3 is 2.44 bits per heavy atom. The van der Waals surface area contributed by atoms with Crippen molar-refractivity contribution in [3.63, 3.8) is 0 Å². The molecule has 2 fully saturated rings. The minimum atomic E-state index is -3.38. The van der Waals surface area contributed by atoms with Crippen LogP contribution in [0.15, 0.2) is 11.5 Å². The summed E-state index contributed by atoms with van der Waals surface area (Å²) in [4.78, 5) is 37.5. The number of hydrogen-bond acceptors (Lipinski definition) is 7. The second kappa shape index (κ2) is 10.2. The van der Waals surface area contributed by atoms with Crippen molar-refractivity contribution in [1.29, 1.82) is 0 Å². The molecule has 1 unspecified atom stereocenters. The molecule has 2 N–H and O–H groups in total. The van der Waals surface area contributed by atoms with Gasteiger partial charge in [-0.2, -0.15) is 0 Å². The van der Waals surface area contributed by atoms with E-state index in [1.165, 1.54) is 16.1 Å². The first-order valence-electron chi connectivity index (χ1n) is 11.1. The molecule has 0 saturated carbocycles. The Morgan fingerprint density at radius 1 is 1.25 bits per heavy atom. The van der Waals surface area contributed by atoms with Crippen LogP contribution >= 0.6 is 11.8 Å². The molecule has 0 aliphatic carbocycles. The van der Waals surface area contributed by atoms with Crippen molar-refractivity contribution in [2.75, 3.05) is 26.2 Å². The largest absolute Gasteiger partial charge is 0.361 e. The summed E-state index contributed by atoms with van der Waals surface area (Å²) in [7, 11) is -3.38. The minimum Gasteiger partial charge on any atom is -0.361 e. The number of epoxide rings is 1. The Labute approximate surface area is 194 Å². The van der Waals surface area contributed by atoms with E-state index in [4.69, 9.17) is 4.74 Å². The van der Waals surface area contributed by atoms with E-state index in [0.29, 0.717) is 45.4 Å². The maximum absolute atomic E-state index is 12.7. The van der Waals surface area contributed by atoms with Gasteiger partial charge in [-0.3, -0.25) is 14.4 Å². The average Bonchev–Trinajstić information content (AvgIpc) is 3.26. The number of allylic oxidation sites excluding steroid dienone is 1. The molecule has 0 radical (unpaired) electrons. The average molecular weight is 488 g/mol. The van der Waals surface area contributed by atoms with Crippen molar-refractivity contribution >= 4 is 39.4 Å². The fraction of sp³-hybridized carbons (Fsp3) is 0.762. The van der Waals surface area contributed by atoms with Crippen molar-refractivity contribution < 1.29 is 27.5 Å². The lowest BCUT2D eigenvalue weighted by atomic mass is 9.93. The van der Waals surface area contributed by atoms with Crippen LogP contribution in [-0.4, -0.2) is 72.8 Å². The topological polar surface area (TPSA) is 125 Å². The molecule has 9 nitrogen and oxygen atoms in total. The third-order valence-electron chi connectivity index (χ3n) is 6.05. The van der Waals surface area contributed by atoms with Gasteiger partial charge in [0, 0.05) is 19.0 Å². The molecule has 32 heavy (non-hydrogen) atoms. The number of carbonyl (C=O) groups is 3. The summed E-state index contributed by atoms with van der Waals surface area (Å²) < 4.78 is 31.5. The van der Waals surface area contributed by atoms with Crippen LogP contribution in [0.4, 0.5) is 0 Å². The van der Waals surface area contributed by atoms with Gasteiger partial charge in [-0.25, -0.2) is 12.7 Å². The third-order valence-corrected chi connectivity index (χ3v) is 9.90. The first-order valence-corrected chi connectivity index (χ1v) is 13.5. The molecule has 2 saturated heterocycles. The minimum absolute atomic E-state index is 0.143. The molecular weight excluding hydrogens is 454 g/mol. The van der Waals surface area contributed by atoms with E-state index in [1.807, 2.05) is 25.3 Å². The van der Waals surface area contributed by atoms with Crippen molar-refractivity contribution in [2.24, 2.45) is 11.8 Å². The van der Waals surface area contributed by atoms with Crippen LogP contribution in [0.5, 0.6) is 0 Å². The molecule has 0 bridgehead atoms. The molecule has 3 rings (SSSR count). The third kappa shape index (κ3) is 6.12. The zero-order valence-electron chi connectivity index (χ0n) is 18.8. The predicted molar refractivity (Wildman–Crippen MR) is 122 cm³/mol. The molecule has 3 heterocycles. The molecule has 0 spiro atoms. The number of ether oxygens (including phenoxy) is 1. The van der Waals surface area contributed by atoms with Gasteiger partial charge in [0.2, 0.25) is 21.8 Å². The SMILES string of the molecule is CC(C)C[C@H](NC(=O)CNC(=O)C1CCN(S(=O)(=O)C2CC=CS2)CC1)C(=O)[C@@]1(C)CO1. The Morgan fingerprint density at radius 2 is 1.91 bits per heavy atom. The van der Waals surface area contributed by atoms with Gasteiger partial charge in [-0.15, -0.1) is 11.8 Å². The maximum atomic E-state index is 12.7. The number of hydrogen-bond donors (Lipinski definition) is 2. The van der Waals surface area contributed by atoms with Gasteiger partial charge in [0.1, 0.15) is 10.2 Å². The molecule has 11 heteroatoms. The quantitative estimate of drug-likeness (QED) is 0.441. The monoisotopic (exact) mass is 487 g/mol. The number of rotatable bonds is 10. The van der Waals surface area contributed by atoms with E-state index in [9.17, 15) is 22.8 Å². The highest BCUT2D eigenvalue weighted by Gasteiger charge is 2.50. The van der Waals surface area contributed by atoms with Crippen LogP contribution in [0.2, 0.25) is 0 Å². The molecule has 2 amide bonds. The molecular formula is C21H33N3O6S2. The number of thioether (sulfide) groups is 1. The van der Waals surface area contributed by atoms with Gasteiger partial charge < -0.3 is 15.4 Å². The second-order valence-electron chi connectivity index (χ2n) is 9.24. The van der Waals surface area contributed by atoms with E-state index < -0.39 is 32.2 Å². The number of carbonyl (C=O) groups excluding carboxylic acids is 3. The summed E-state index contributed by atoms with van der Waals surface area (Å²) in [6, 6.07) is -0.650. The number of nitrogens with one attached hydrogen (secondary N) is 2. The van der Waals surface area contributed by atoms with Gasteiger partial charge in [-0.05, 0) is 43.9 Å². The zero-order chi connectivity index (χ0) is 23.5. The lowest BCUT2D eigenvalue weighted by Gasteiger charge is -2.32. The van der Waals surface area contributed by atoms with E-state index >= 15 is 0 Å². The smallest absolute Gasteiger partial charge is 0.239 e. The Hall–Kier alpha value is -1.43. The van der Waals surface area contributed by atoms with Crippen LogP contribution in [0.3, 0.4) is 0 Å². The summed E-state index contributed by atoms with van der Waals surface area (Å²) in [5.41, 5.74) is -0.822. The van der Waals surface area contributed by atoms with Gasteiger partial charge >= 0.3 is 0 Å².